The van der Waals surface area contributed by atoms with Crippen LogP contribution in [0.25, 0.3) is 0 Å². The van der Waals surface area contributed by atoms with E-state index < -0.39 is 6.04 Å². The van der Waals surface area contributed by atoms with Gasteiger partial charge in [-0.1, -0.05) is 96.0 Å². The van der Waals surface area contributed by atoms with Crippen LogP contribution in [0.1, 0.15) is 39.9 Å². The summed E-state index contributed by atoms with van der Waals surface area (Å²) in [4.78, 5) is 31.7. The maximum atomic E-state index is 14.2. The summed E-state index contributed by atoms with van der Waals surface area (Å²) in [6.45, 7) is 2.08. The van der Waals surface area contributed by atoms with Gasteiger partial charge in [0.2, 0.25) is 5.91 Å². The first kappa shape index (κ1) is 28.7. The molecule has 0 N–H and O–H groups in total. The number of carbonyl (C=O) groups excluding carboxylic acids is 2. The first-order valence-corrected chi connectivity index (χ1v) is 14.6. The Balaban J connectivity index is 1.45. The molecule has 1 fully saturated rings. The maximum absolute atomic E-state index is 14.2. The number of benzene rings is 4. The largest absolute Gasteiger partial charge is 0.489 e. The van der Waals surface area contributed by atoms with Gasteiger partial charge in [-0.3, -0.25) is 9.59 Å². The average molecular weight is 588 g/mol. The molecule has 0 saturated carbocycles. The number of nitrogens with zero attached hydrogens (tertiary/aromatic N) is 2. The third-order valence-electron chi connectivity index (χ3n) is 7.30. The van der Waals surface area contributed by atoms with Crippen LogP contribution in [0.4, 0.5) is 0 Å². The number of amides is 2. The third kappa shape index (κ3) is 7.49. The van der Waals surface area contributed by atoms with E-state index in [1.165, 1.54) is 0 Å². The molecule has 41 heavy (non-hydrogen) atoms. The molecule has 0 radical (unpaired) electrons. The summed E-state index contributed by atoms with van der Waals surface area (Å²) in [7, 11) is 0. The minimum atomic E-state index is -0.705. The molecule has 4 aromatic carbocycles. The van der Waals surface area contributed by atoms with Crippen LogP contribution in [0.15, 0.2) is 103 Å². The van der Waals surface area contributed by atoms with Crippen LogP contribution in [0, 0.1) is 0 Å². The molecule has 0 aliphatic carbocycles. The first-order valence-electron chi connectivity index (χ1n) is 13.8. The van der Waals surface area contributed by atoms with Crippen LogP contribution in [0.2, 0.25) is 10.0 Å². The number of hydrogen-bond acceptors (Lipinski definition) is 3. The van der Waals surface area contributed by atoms with E-state index in [-0.39, 0.29) is 23.4 Å². The molecule has 1 unspecified atom stereocenters. The zero-order valence-corrected chi connectivity index (χ0v) is 24.2. The van der Waals surface area contributed by atoms with Crippen molar-refractivity contribution in [2.24, 2.45) is 0 Å². The minimum Gasteiger partial charge on any atom is -0.489 e. The van der Waals surface area contributed by atoms with Crippen molar-refractivity contribution in [2.75, 3.05) is 13.1 Å². The predicted molar refractivity (Wildman–Crippen MR) is 163 cm³/mol. The fourth-order valence-electron chi connectivity index (χ4n) is 5.09. The van der Waals surface area contributed by atoms with Crippen molar-refractivity contribution in [2.45, 2.75) is 38.5 Å². The Morgan fingerprint density at radius 3 is 2.05 bits per heavy atom. The van der Waals surface area contributed by atoms with E-state index in [0.29, 0.717) is 36.7 Å². The predicted octanol–water partition coefficient (Wildman–Crippen LogP) is 7.45. The molecule has 0 spiro atoms. The van der Waals surface area contributed by atoms with E-state index in [4.69, 9.17) is 27.9 Å². The Kier molecular flexibility index (Phi) is 9.60. The molecule has 1 atom stereocenters. The number of rotatable bonds is 10. The Hall–Kier alpha value is -3.80. The average Bonchev–Trinajstić information content (AvgIpc) is 3.54. The molecule has 5 nitrogen and oxygen atoms in total. The molecule has 1 saturated heterocycles. The van der Waals surface area contributed by atoms with Crippen LogP contribution < -0.4 is 4.74 Å². The molecule has 2 amide bonds. The molecule has 1 heterocycles. The van der Waals surface area contributed by atoms with Gasteiger partial charge in [-0.05, 0) is 59.9 Å². The summed E-state index contributed by atoms with van der Waals surface area (Å²) in [6.07, 6.45) is 2.32. The van der Waals surface area contributed by atoms with Crippen molar-refractivity contribution in [3.63, 3.8) is 0 Å². The standard InChI is InChI=1S/C34H32Cl2N2O3/c35-28-15-18-30(31(36)22-28)33(39)38(23-26-13-16-29(17-14-26)41-24-27-11-5-2-6-12-27)32(21-25-9-3-1-4-10-25)34(40)37-19-7-8-20-37/h1-6,9-18,22,32H,7-8,19-21,23-24H2. The van der Waals surface area contributed by atoms with Gasteiger partial charge >= 0.3 is 0 Å². The van der Waals surface area contributed by atoms with E-state index in [2.05, 4.69) is 0 Å². The van der Waals surface area contributed by atoms with Gasteiger partial charge in [0.05, 0.1) is 10.6 Å². The smallest absolute Gasteiger partial charge is 0.256 e. The van der Waals surface area contributed by atoms with Crippen LogP contribution >= 0.6 is 23.2 Å². The monoisotopic (exact) mass is 586 g/mol. The van der Waals surface area contributed by atoms with Crippen molar-refractivity contribution in [1.82, 2.24) is 9.80 Å². The lowest BCUT2D eigenvalue weighted by molar-refractivity contribution is -0.135. The third-order valence-corrected chi connectivity index (χ3v) is 7.85. The lowest BCUT2D eigenvalue weighted by Gasteiger charge is -2.34. The Bertz CT molecular complexity index is 1460. The Labute approximate surface area is 251 Å². The van der Waals surface area contributed by atoms with Crippen molar-refractivity contribution >= 4 is 35.0 Å². The fourth-order valence-corrected chi connectivity index (χ4v) is 5.58. The summed E-state index contributed by atoms with van der Waals surface area (Å²) in [5.41, 5.74) is 3.25. The van der Waals surface area contributed by atoms with Gasteiger partial charge in [0, 0.05) is 31.1 Å². The van der Waals surface area contributed by atoms with Crippen molar-refractivity contribution in [3.05, 3.63) is 135 Å². The van der Waals surface area contributed by atoms with Gasteiger partial charge in [-0.2, -0.15) is 0 Å². The number of ether oxygens (including phenoxy) is 1. The van der Waals surface area contributed by atoms with E-state index >= 15 is 0 Å². The summed E-state index contributed by atoms with van der Waals surface area (Å²) >= 11 is 12.6. The maximum Gasteiger partial charge on any atom is 0.256 e. The van der Waals surface area contributed by atoms with Gasteiger partial charge in [0.15, 0.2) is 0 Å². The molecular formula is C34H32Cl2N2O3. The number of likely N-dealkylation sites (tertiary alicyclic amines) is 1. The topological polar surface area (TPSA) is 49.9 Å². The van der Waals surface area contributed by atoms with Crippen molar-refractivity contribution < 1.29 is 14.3 Å². The lowest BCUT2D eigenvalue weighted by atomic mass is 10.0. The molecule has 7 heteroatoms. The Morgan fingerprint density at radius 1 is 0.780 bits per heavy atom. The molecule has 5 rings (SSSR count). The Morgan fingerprint density at radius 2 is 1.41 bits per heavy atom. The van der Waals surface area contributed by atoms with E-state index in [0.717, 1.165) is 35.3 Å². The SMILES string of the molecule is O=C(C(Cc1ccccc1)N(Cc1ccc(OCc2ccccc2)cc1)C(=O)c1ccc(Cl)cc1Cl)N1CCCC1. The number of hydrogen-bond donors (Lipinski definition) is 0. The molecule has 210 valence electrons. The molecule has 0 bridgehead atoms. The second kappa shape index (κ2) is 13.7. The second-order valence-electron chi connectivity index (χ2n) is 10.2. The van der Waals surface area contributed by atoms with Crippen LogP contribution in [0.3, 0.4) is 0 Å². The summed E-state index contributed by atoms with van der Waals surface area (Å²) in [5, 5.41) is 0.697. The highest BCUT2D eigenvalue weighted by molar-refractivity contribution is 6.36. The number of halogens is 2. The first-order chi connectivity index (χ1) is 20.0. The van der Waals surface area contributed by atoms with Crippen molar-refractivity contribution in [1.29, 1.82) is 0 Å². The zero-order chi connectivity index (χ0) is 28.6. The van der Waals surface area contributed by atoms with Gasteiger partial charge in [-0.25, -0.2) is 0 Å². The lowest BCUT2D eigenvalue weighted by Crippen LogP contribution is -2.51. The second-order valence-corrected chi connectivity index (χ2v) is 11.1. The van der Waals surface area contributed by atoms with E-state index in [1.54, 1.807) is 23.1 Å². The minimum absolute atomic E-state index is 0.0485. The van der Waals surface area contributed by atoms with Gasteiger partial charge < -0.3 is 14.5 Å². The normalized spacial score (nSPS) is 13.6. The molecule has 1 aliphatic heterocycles. The fraction of sp³-hybridized carbons (Fsp3) is 0.235. The van der Waals surface area contributed by atoms with Crippen LogP contribution in [0.5, 0.6) is 5.75 Å². The van der Waals surface area contributed by atoms with Gasteiger partial charge in [0.25, 0.3) is 5.91 Å². The van der Waals surface area contributed by atoms with Crippen LogP contribution in [-0.4, -0.2) is 40.7 Å². The molecule has 4 aromatic rings. The quantitative estimate of drug-likeness (QED) is 0.194. The number of carbonyl (C=O) groups is 2. The van der Waals surface area contributed by atoms with E-state index in [9.17, 15) is 9.59 Å². The van der Waals surface area contributed by atoms with Gasteiger partial charge in [0.1, 0.15) is 18.4 Å². The highest BCUT2D eigenvalue weighted by atomic mass is 35.5. The van der Waals surface area contributed by atoms with E-state index in [1.807, 2.05) is 89.8 Å². The highest BCUT2D eigenvalue weighted by Crippen LogP contribution is 2.27. The van der Waals surface area contributed by atoms with Crippen LogP contribution in [-0.2, 0) is 24.4 Å². The summed E-state index contributed by atoms with van der Waals surface area (Å²) in [5.74, 6) is 0.363. The summed E-state index contributed by atoms with van der Waals surface area (Å²) in [6, 6.07) is 31.6. The zero-order valence-electron chi connectivity index (χ0n) is 22.7. The highest BCUT2D eigenvalue weighted by Gasteiger charge is 2.35. The molecule has 0 aromatic heterocycles. The van der Waals surface area contributed by atoms with Gasteiger partial charge in [-0.15, -0.1) is 0 Å². The molecule has 1 aliphatic rings. The summed E-state index contributed by atoms with van der Waals surface area (Å²) < 4.78 is 5.96. The van der Waals surface area contributed by atoms with Crippen molar-refractivity contribution in [3.8, 4) is 5.75 Å². The molecular weight excluding hydrogens is 555 g/mol.